The highest BCUT2D eigenvalue weighted by Crippen LogP contribution is 2.29. The number of aliphatic hydroxyl groups excluding tert-OH is 1. The highest BCUT2D eigenvalue weighted by molar-refractivity contribution is 5.81. The Morgan fingerprint density at radius 3 is 2.72 bits per heavy atom. The van der Waals surface area contributed by atoms with Gasteiger partial charge in [-0.3, -0.25) is 4.79 Å². The lowest BCUT2D eigenvalue weighted by Crippen LogP contribution is -2.50. The van der Waals surface area contributed by atoms with Gasteiger partial charge in [0.15, 0.2) is 0 Å². The van der Waals surface area contributed by atoms with Crippen LogP contribution >= 0.6 is 0 Å². The Balaban J connectivity index is 2.43. The van der Waals surface area contributed by atoms with E-state index in [0.29, 0.717) is 19.7 Å². The summed E-state index contributed by atoms with van der Waals surface area (Å²) >= 11 is 0. The molecule has 106 valence electrons. The lowest BCUT2D eigenvalue weighted by atomic mass is 9.79. The molecule has 1 heterocycles. The molecule has 1 unspecified atom stereocenters. The van der Waals surface area contributed by atoms with E-state index < -0.39 is 0 Å². The molecule has 1 fully saturated rings. The Hall–Kier alpha value is -0.650. The lowest BCUT2D eigenvalue weighted by Gasteiger charge is -2.32. The van der Waals surface area contributed by atoms with Crippen molar-refractivity contribution >= 4 is 5.91 Å². The zero-order valence-electron chi connectivity index (χ0n) is 11.5. The molecular weight excluding hydrogens is 232 g/mol. The third-order valence-electron chi connectivity index (χ3n) is 4.00. The van der Waals surface area contributed by atoms with Gasteiger partial charge in [-0.2, -0.15) is 0 Å². The largest absolute Gasteiger partial charge is 0.396 e. The van der Waals surface area contributed by atoms with Gasteiger partial charge in [-0.1, -0.05) is 13.8 Å². The molecule has 5 nitrogen and oxygen atoms in total. The summed E-state index contributed by atoms with van der Waals surface area (Å²) in [6.45, 7) is 6.95. The Morgan fingerprint density at radius 2 is 2.22 bits per heavy atom. The van der Waals surface area contributed by atoms with Gasteiger partial charge in [-0.25, -0.2) is 0 Å². The molecule has 0 bridgehead atoms. The van der Waals surface area contributed by atoms with Crippen molar-refractivity contribution < 1.29 is 14.6 Å². The quantitative estimate of drug-likeness (QED) is 0.613. The third kappa shape index (κ3) is 4.23. The van der Waals surface area contributed by atoms with Crippen LogP contribution in [-0.2, 0) is 9.53 Å². The molecular formula is C13H26N2O3. The summed E-state index contributed by atoms with van der Waals surface area (Å²) in [4.78, 5) is 11.9. The first kappa shape index (κ1) is 15.4. The van der Waals surface area contributed by atoms with Gasteiger partial charge in [0, 0.05) is 26.2 Å². The van der Waals surface area contributed by atoms with Gasteiger partial charge in [0.1, 0.15) is 6.10 Å². The van der Waals surface area contributed by atoms with Crippen LogP contribution in [0.15, 0.2) is 0 Å². The Bertz CT molecular complexity index is 249. The molecule has 3 N–H and O–H groups in total. The van der Waals surface area contributed by atoms with Gasteiger partial charge in [0.05, 0.1) is 6.61 Å². The van der Waals surface area contributed by atoms with Gasteiger partial charge in [-0.05, 0) is 24.7 Å². The number of morpholine rings is 1. The van der Waals surface area contributed by atoms with Crippen LogP contribution in [0.2, 0.25) is 0 Å². The Labute approximate surface area is 109 Å². The minimum absolute atomic E-state index is 0.00645. The van der Waals surface area contributed by atoms with E-state index in [0.717, 1.165) is 25.8 Å². The molecule has 0 aromatic carbocycles. The molecule has 0 saturated carbocycles. The van der Waals surface area contributed by atoms with Crippen molar-refractivity contribution in [1.29, 1.82) is 0 Å². The predicted octanol–water partition coefficient (Wildman–Crippen LogP) is 0.280. The molecule has 1 saturated heterocycles. The summed E-state index contributed by atoms with van der Waals surface area (Å²) in [6.07, 6.45) is 2.26. The second-order valence-electron chi connectivity index (χ2n) is 4.96. The average Bonchev–Trinajstić information content (AvgIpc) is 2.44. The van der Waals surface area contributed by atoms with Crippen molar-refractivity contribution in [3.8, 4) is 0 Å². The van der Waals surface area contributed by atoms with Crippen LogP contribution in [0.4, 0.5) is 0 Å². The first-order valence-corrected chi connectivity index (χ1v) is 6.88. The summed E-state index contributed by atoms with van der Waals surface area (Å²) in [5.74, 6) is -0.0496. The fourth-order valence-electron chi connectivity index (χ4n) is 2.30. The van der Waals surface area contributed by atoms with Crippen LogP contribution in [0.25, 0.3) is 0 Å². The number of aliphatic hydroxyl groups is 1. The average molecular weight is 258 g/mol. The van der Waals surface area contributed by atoms with E-state index in [1.54, 1.807) is 0 Å². The van der Waals surface area contributed by atoms with E-state index in [4.69, 9.17) is 9.84 Å². The molecule has 1 amide bonds. The fraction of sp³-hybridized carbons (Fsp3) is 0.923. The number of hydrogen-bond donors (Lipinski definition) is 3. The second kappa shape index (κ2) is 7.71. The summed E-state index contributed by atoms with van der Waals surface area (Å²) < 4.78 is 5.41. The van der Waals surface area contributed by atoms with Crippen LogP contribution in [0, 0.1) is 5.41 Å². The maximum absolute atomic E-state index is 11.9. The first-order chi connectivity index (χ1) is 8.67. The molecule has 1 aliphatic rings. The SMILES string of the molecule is CCC(CC)(CCO)CNC(=O)C1CNCCO1. The number of carbonyl (C=O) groups is 1. The smallest absolute Gasteiger partial charge is 0.250 e. The van der Waals surface area contributed by atoms with Gasteiger partial charge >= 0.3 is 0 Å². The number of nitrogens with one attached hydrogen (secondary N) is 2. The van der Waals surface area contributed by atoms with Gasteiger partial charge in [0.25, 0.3) is 0 Å². The molecule has 0 spiro atoms. The van der Waals surface area contributed by atoms with E-state index in [2.05, 4.69) is 24.5 Å². The van der Waals surface area contributed by atoms with E-state index in [1.807, 2.05) is 0 Å². The van der Waals surface area contributed by atoms with Gasteiger partial charge in [0.2, 0.25) is 5.91 Å². The molecule has 0 aromatic heterocycles. The molecule has 18 heavy (non-hydrogen) atoms. The summed E-state index contributed by atoms with van der Waals surface area (Å²) in [7, 11) is 0. The number of hydrogen-bond acceptors (Lipinski definition) is 4. The predicted molar refractivity (Wildman–Crippen MR) is 70.3 cm³/mol. The summed E-state index contributed by atoms with van der Waals surface area (Å²) in [5, 5.41) is 15.2. The molecule has 5 heteroatoms. The van der Waals surface area contributed by atoms with Crippen LogP contribution < -0.4 is 10.6 Å². The zero-order valence-corrected chi connectivity index (χ0v) is 11.5. The number of rotatable bonds is 7. The number of amides is 1. The van der Waals surface area contributed by atoms with Gasteiger partial charge in [-0.15, -0.1) is 0 Å². The van der Waals surface area contributed by atoms with Crippen LogP contribution in [0.1, 0.15) is 33.1 Å². The third-order valence-corrected chi connectivity index (χ3v) is 4.00. The molecule has 1 aliphatic heterocycles. The van der Waals surface area contributed by atoms with E-state index in [9.17, 15) is 4.79 Å². The van der Waals surface area contributed by atoms with Crippen molar-refractivity contribution in [2.24, 2.45) is 5.41 Å². The van der Waals surface area contributed by atoms with E-state index in [-0.39, 0.29) is 24.0 Å². The summed E-state index contributed by atoms with van der Waals surface area (Å²) in [5.41, 5.74) is 0.00645. The highest BCUT2D eigenvalue weighted by atomic mass is 16.5. The summed E-state index contributed by atoms with van der Waals surface area (Å²) in [6, 6.07) is 0. The van der Waals surface area contributed by atoms with Crippen LogP contribution in [0.3, 0.4) is 0 Å². The molecule has 0 radical (unpaired) electrons. The molecule has 1 rings (SSSR count). The fourth-order valence-corrected chi connectivity index (χ4v) is 2.30. The van der Waals surface area contributed by atoms with Crippen molar-refractivity contribution in [1.82, 2.24) is 10.6 Å². The molecule has 0 aromatic rings. The second-order valence-corrected chi connectivity index (χ2v) is 4.96. The minimum Gasteiger partial charge on any atom is -0.396 e. The lowest BCUT2D eigenvalue weighted by molar-refractivity contribution is -0.134. The maximum atomic E-state index is 11.9. The number of ether oxygens (including phenoxy) is 1. The van der Waals surface area contributed by atoms with Crippen molar-refractivity contribution in [3.05, 3.63) is 0 Å². The number of carbonyl (C=O) groups excluding carboxylic acids is 1. The Morgan fingerprint density at radius 1 is 1.50 bits per heavy atom. The van der Waals surface area contributed by atoms with Crippen LogP contribution in [0.5, 0.6) is 0 Å². The monoisotopic (exact) mass is 258 g/mol. The standard InChI is InChI=1S/C13H26N2O3/c1-3-13(4-2,5-7-16)10-15-12(17)11-9-14-6-8-18-11/h11,14,16H,3-10H2,1-2H3,(H,15,17). The van der Waals surface area contributed by atoms with E-state index in [1.165, 1.54) is 0 Å². The van der Waals surface area contributed by atoms with Crippen molar-refractivity contribution in [2.75, 3.05) is 32.8 Å². The molecule has 1 atom stereocenters. The van der Waals surface area contributed by atoms with Crippen molar-refractivity contribution in [3.63, 3.8) is 0 Å². The maximum Gasteiger partial charge on any atom is 0.250 e. The van der Waals surface area contributed by atoms with Crippen molar-refractivity contribution in [2.45, 2.75) is 39.2 Å². The van der Waals surface area contributed by atoms with Crippen LogP contribution in [-0.4, -0.2) is 50.0 Å². The Kier molecular flexibility index (Phi) is 6.60. The normalized spacial score (nSPS) is 20.7. The molecule has 0 aliphatic carbocycles. The minimum atomic E-state index is -0.376. The first-order valence-electron chi connectivity index (χ1n) is 6.88. The van der Waals surface area contributed by atoms with Gasteiger partial charge < -0.3 is 20.5 Å². The topological polar surface area (TPSA) is 70.6 Å². The van der Waals surface area contributed by atoms with E-state index >= 15 is 0 Å². The zero-order chi connectivity index (χ0) is 13.4. The highest BCUT2D eigenvalue weighted by Gasteiger charge is 2.28.